The van der Waals surface area contributed by atoms with Crippen molar-refractivity contribution in [1.82, 2.24) is 0 Å². The molecule has 0 aliphatic carbocycles. The van der Waals surface area contributed by atoms with E-state index in [9.17, 15) is 22.8 Å². The van der Waals surface area contributed by atoms with E-state index in [2.05, 4.69) is 5.32 Å². The first-order valence-corrected chi connectivity index (χ1v) is 10.0. The van der Waals surface area contributed by atoms with E-state index in [1.165, 1.54) is 36.6 Å². The molecular weight excluding hydrogens is 459 g/mol. The molecule has 0 spiro atoms. The Morgan fingerprint density at radius 1 is 1.03 bits per heavy atom. The van der Waals surface area contributed by atoms with Crippen molar-refractivity contribution in [2.24, 2.45) is 0 Å². The van der Waals surface area contributed by atoms with Crippen LogP contribution in [-0.2, 0) is 11.0 Å². The molecule has 3 aromatic carbocycles. The van der Waals surface area contributed by atoms with E-state index in [0.717, 1.165) is 12.1 Å². The summed E-state index contributed by atoms with van der Waals surface area (Å²) in [7, 11) is 0. The maximum atomic E-state index is 13.1. The minimum absolute atomic E-state index is 0.212. The Morgan fingerprint density at radius 2 is 1.76 bits per heavy atom. The number of anilines is 1. The van der Waals surface area contributed by atoms with Gasteiger partial charge in [0.05, 0.1) is 22.2 Å². The molecule has 0 atom stereocenters. The van der Waals surface area contributed by atoms with Crippen LogP contribution in [0.1, 0.15) is 5.56 Å². The summed E-state index contributed by atoms with van der Waals surface area (Å²) in [6.45, 7) is -0.537. The summed E-state index contributed by atoms with van der Waals surface area (Å²) in [6.07, 6.45) is -3.29. The zero-order valence-corrected chi connectivity index (χ0v) is 17.5. The molecule has 1 amide bonds. The number of hydrogen-bond donors (Lipinski definition) is 1. The summed E-state index contributed by atoms with van der Waals surface area (Å²) >= 11 is 5.88. The summed E-state index contributed by atoms with van der Waals surface area (Å²) < 4.78 is 50.1. The molecule has 0 fully saturated rings. The molecule has 0 unspecified atom stereocenters. The number of rotatable bonds is 5. The Kier molecular flexibility index (Phi) is 6.11. The number of amides is 1. The smallest absolute Gasteiger partial charge is 0.418 e. The topological polar surface area (TPSA) is 68.5 Å². The van der Waals surface area contributed by atoms with Crippen LogP contribution in [0.3, 0.4) is 0 Å². The van der Waals surface area contributed by atoms with Gasteiger partial charge in [0.2, 0.25) is 0 Å². The van der Waals surface area contributed by atoms with Gasteiger partial charge in [-0.15, -0.1) is 0 Å². The zero-order valence-electron chi connectivity index (χ0n) is 16.8. The maximum Gasteiger partial charge on any atom is 0.418 e. The highest BCUT2D eigenvalue weighted by Gasteiger charge is 2.33. The molecule has 168 valence electrons. The third-order valence-electron chi connectivity index (χ3n) is 4.78. The van der Waals surface area contributed by atoms with Crippen molar-refractivity contribution in [1.29, 1.82) is 0 Å². The summed E-state index contributed by atoms with van der Waals surface area (Å²) in [5.74, 6) is -0.560. The van der Waals surface area contributed by atoms with Crippen LogP contribution >= 0.6 is 11.6 Å². The van der Waals surface area contributed by atoms with Gasteiger partial charge in [0.25, 0.3) is 5.91 Å². The minimum Gasteiger partial charge on any atom is -0.484 e. The van der Waals surface area contributed by atoms with E-state index >= 15 is 0 Å². The van der Waals surface area contributed by atoms with Crippen LogP contribution in [-0.4, -0.2) is 12.5 Å². The van der Waals surface area contributed by atoms with E-state index in [4.69, 9.17) is 20.8 Å². The zero-order chi connectivity index (χ0) is 23.6. The summed E-state index contributed by atoms with van der Waals surface area (Å²) in [4.78, 5) is 24.9. The molecule has 33 heavy (non-hydrogen) atoms. The Balaban J connectivity index is 1.49. The van der Waals surface area contributed by atoms with E-state index in [-0.39, 0.29) is 22.4 Å². The number of fused-ring (bicyclic) bond motifs is 1. The third-order valence-corrected chi connectivity index (χ3v) is 5.03. The fourth-order valence-corrected chi connectivity index (χ4v) is 3.33. The highest BCUT2D eigenvalue weighted by Crippen LogP contribution is 2.34. The highest BCUT2D eigenvalue weighted by atomic mass is 35.5. The number of nitrogens with one attached hydrogen (secondary N) is 1. The average molecular weight is 474 g/mol. The van der Waals surface area contributed by atoms with Crippen LogP contribution in [0.25, 0.3) is 22.1 Å². The first-order valence-electron chi connectivity index (χ1n) is 9.63. The molecule has 0 saturated heterocycles. The van der Waals surface area contributed by atoms with Gasteiger partial charge < -0.3 is 14.5 Å². The van der Waals surface area contributed by atoms with Crippen molar-refractivity contribution in [3.63, 3.8) is 0 Å². The fourth-order valence-electron chi connectivity index (χ4n) is 3.20. The number of para-hydroxylation sites is 1. The van der Waals surface area contributed by atoms with Crippen LogP contribution in [0.4, 0.5) is 18.9 Å². The molecular formula is C24H15ClF3NO4. The monoisotopic (exact) mass is 473 g/mol. The molecule has 0 aliphatic rings. The van der Waals surface area contributed by atoms with Crippen molar-refractivity contribution in [3.05, 3.63) is 93.8 Å². The molecule has 0 aliphatic heterocycles. The number of alkyl halides is 3. The predicted octanol–water partition coefficient (Wildman–Crippen LogP) is 6.15. The van der Waals surface area contributed by atoms with Gasteiger partial charge in [0, 0.05) is 11.1 Å². The lowest BCUT2D eigenvalue weighted by atomic mass is 10.1. The summed E-state index contributed by atoms with van der Waals surface area (Å²) in [6, 6.07) is 15.8. The molecule has 1 aromatic heterocycles. The standard InChI is InChI=1S/C24H15ClF3NO4/c25-15-7-5-14(6-8-15)18-12-33-21-11-16(9-10-17(21)23(18)31)32-13-22(30)29-20-4-2-1-3-19(20)24(26,27)28/h1-12H,13H2,(H,29,30). The number of ether oxygens (including phenoxy) is 1. The molecule has 5 nitrogen and oxygen atoms in total. The third kappa shape index (κ3) is 5.01. The quantitative estimate of drug-likeness (QED) is 0.377. The fraction of sp³-hybridized carbons (Fsp3) is 0.0833. The molecule has 4 aromatic rings. The lowest BCUT2D eigenvalue weighted by molar-refractivity contribution is -0.137. The van der Waals surface area contributed by atoms with Crippen molar-refractivity contribution < 1.29 is 27.1 Å². The molecule has 4 rings (SSSR count). The highest BCUT2D eigenvalue weighted by molar-refractivity contribution is 6.30. The molecule has 9 heteroatoms. The van der Waals surface area contributed by atoms with E-state index in [0.29, 0.717) is 21.5 Å². The number of carbonyl (C=O) groups is 1. The van der Waals surface area contributed by atoms with Gasteiger partial charge in [0.15, 0.2) is 12.0 Å². The van der Waals surface area contributed by atoms with Gasteiger partial charge in [-0.3, -0.25) is 9.59 Å². The summed E-state index contributed by atoms with van der Waals surface area (Å²) in [5, 5.41) is 3.04. The van der Waals surface area contributed by atoms with Gasteiger partial charge in [-0.1, -0.05) is 35.9 Å². The largest absolute Gasteiger partial charge is 0.484 e. The first kappa shape index (κ1) is 22.4. The Labute approximate surface area is 190 Å². The van der Waals surface area contributed by atoms with E-state index in [1.807, 2.05) is 0 Å². The molecule has 1 heterocycles. The second-order valence-corrected chi connectivity index (χ2v) is 7.46. The van der Waals surface area contributed by atoms with Gasteiger partial charge in [0.1, 0.15) is 17.6 Å². The number of hydrogen-bond acceptors (Lipinski definition) is 4. The van der Waals surface area contributed by atoms with Crippen molar-refractivity contribution >= 4 is 34.2 Å². The lowest BCUT2D eigenvalue weighted by Crippen LogP contribution is -2.22. The van der Waals surface area contributed by atoms with Crippen LogP contribution < -0.4 is 15.5 Å². The van der Waals surface area contributed by atoms with E-state index < -0.39 is 24.3 Å². The Bertz CT molecular complexity index is 1380. The Morgan fingerprint density at radius 3 is 2.48 bits per heavy atom. The SMILES string of the molecule is O=C(COc1ccc2c(=O)c(-c3ccc(Cl)cc3)coc2c1)Nc1ccccc1C(F)(F)F. The van der Waals surface area contributed by atoms with Crippen molar-refractivity contribution in [3.8, 4) is 16.9 Å². The van der Waals surface area contributed by atoms with Crippen LogP contribution in [0, 0.1) is 0 Å². The van der Waals surface area contributed by atoms with E-state index in [1.54, 1.807) is 24.3 Å². The van der Waals surface area contributed by atoms with Gasteiger partial charge in [-0.25, -0.2) is 0 Å². The van der Waals surface area contributed by atoms with Crippen LogP contribution in [0.2, 0.25) is 5.02 Å². The van der Waals surface area contributed by atoms with Gasteiger partial charge >= 0.3 is 6.18 Å². The maximum absolute atomic E-state index is 13.1. The second kappa shape index (κ2) is 8.99. The normalized spacial score (nSPS) is 11.4. The molecule has 1 N–H and O–H groups in total. The molecule has 0 saturated carbocycles. The number of halogens is 4. The van der Waals surface area contributed by atoms with Crippen LogP contribution in [0.15, 0.2) is 82.2 Å². The lowest BCUT2D eigenvalue weighted by Gasteiger charge is -2.14. The Hall–Kier alpha value is -3.78. The van der Waals surface area contributed by atoms with Crippen molar-refractivity contribution in [2.45, 2.75) is 6.18 Å². The average Bonchev–Trinajstić information content (AvgIpc) is 2.78. The second-order valence-electron chi connectivity index (χ2n) is 7.02. The molecule has 0 bridgehead atoms. The molecule has 0 radical (unpaired) electrons. The number of benzene rings is 3. The van der Waals surface area contributed by atoms with Crippen LogP contribution in [0.5, 0.6) is 5.75 Å². The van der Waals surface area contributed by atoms with Gasteiger partial charge in [-0.2, -0.15) is 13.2 Å². The van der Waals surface area contributed by atoms with Gasteiger partial charge in [-0.05, 0) is 42.0 Å². The first-order chi connectivity index (χ1) is 15.7. The van der Waals surface area contributed by atoms with Crippen molar-refractivity contribution in [2.75, 3.05) is 11.9 Å². The summed E-state index contributed by atoms with van der Waals surface area (Å²) in [5.41, 5.74) is -0.341. The predicted molar refractivity (Wildman–Crippen MR) is 118 cm³/mol. The number of carbonyl (C=O) groups excluding carboxylic acids is 1. The minimum atomic E-state index is -4.61.